The molecule has 9 heteroatoms. The van der Waals surface area contributed by atoms with Gasteiger partial charge < -0.3 is 14.6 Å². The highest BCUT2D eigenvalue weighted by Crippen LogP contribution is 2.65. The number of carbonyl (C=O) groups excluding carboxylic acids is 1. The van der Waals surface area contributed by atoms with E-state index in [1.165, 1.54) is 0 Å². The van der Waals surface area contributed by atoms with Crippen LogP contribution in [0.3, 0.4) is 0 Å². The lowest BCUT2D eigenvalue weighted by molar-refractivity contribution is -0.199. The summed E-state index contributed by atoms with van der Waals surface area (Å²) >= 11 is 5.56. The standard InChI is InChI=1S/C14H22BClN4O3/c1-13(2)8-4-9(13)14(3)10(5-8)22-15(23-14)11(7-18-20-17)19-12(21)6-16/h8-11H,4-7H2,1-3H3,(H,19,21)/t8?,9?,10?,11-,14-/m0/s1. The lowest BCUT2D eigenvalue weighted by atomic mass is 9.43. The molecule has 3 saturated carbocycles. The fraction of sp³-hybridized carbons (Fsp3) is 0.929. The first-order valence-corrected chi connectivity index (χ1v) is 8.55. The molecule has 4 aliphatic rings. The summed E-state index contributed by atoms with van der Waals surface area (Å²) in [5.74, 6) is 0.0767. The van der Waals surface area contributed by atoms with E-state index in [-0.39, 0.29) is 35.5 Å². The smallest absolute Gasteiger partial charge is 0.404 e. The number of hydrogen-bond acceptors (Lipinski definition) is 4. The minimum atomic E-state index is -0.613. The molecule has 23 heavy (non-hydrogen) atoms. The number of nitrogens with one attached hydrogen (secondary N) is 1. The van der Waals surface area contributed by atoms with Gasteiger partial charge in [0.2, 0.25) is 5.91 Å². The largest absolute Gasteiger partial charge is 0.481 e. The maximum atomic E-state index is 11.6. The zero-order valence-electron chi connectivity index (χ0n) is 13.7. The summed E-state index contributed by atoms with van der Waals surface area (Å²) in [7, 11) is -0.613. The summed E-state index contributed by atoms with van der Waals surface area (Å²) in [6.45, 7) is 6.75. The van der Waals surface area contributed by atoms with Crippen LogP contribution in [0.1, 0.15) is 33.6 Å². The number of hydrogen-bond donors (Lipinski definition) is 1. The van der Waals surface area contributed by atoms with Gasteiger partial charge in [0.25, 0.3) is 0 Å². The molecule has 5 atom stereocenters. The van der Waals surface area contributed by atoms with Crippen LogP contribution in [0.15, 0.2) is 5.11 Å². The van der Waals surface area contributed by atoms with E-state index in [9.17, 15) is 4.79 Å². The van der Waals surface area contributed by atoms with Crippen molar-refractivity contribution in [3.05, 3.63) is 10.4 Å². The van der Waals surface area contributed by atoms with Gasteiger partial charge in [0.15, 0.2) is 0 Å². The van der Waals surface area contributed by atoms with Crippen molar-refractivity contribution in [3.63, 3.8) is 0 Å². The van der Waals surface area contributed by atoms with Crippen molar-refractivity contribution in [2.45, 2.75) is 51.3 Å². The third-order valence-electron chi connectivity index (χ3n) is 6.11. The molecule has 1 saturated heterocycles. The van der Waals surface area contributed by atoms with E-state index in [1.54, 1.807) is 0 Å². The molecule has 0 aromatic carbocycles. The molecule has 4 rings (SSSR count). The molecular formula is C14H22BClN4O3. The molecule has 0 aromatic heterocycles. The van der Waals surface area contributed by atoms with Gasteiger partial charge in [0.1, 0.15) is 5.88 Å². The highest BCUT2D eigenvalue weighted by Gasteiger charge is 2.68. The van der Waals surface area contributed by atoms with Crippen LogP contribution < -0.4 is 5.32 Å². The highest BCUT2D eigenvalue weighted by atomic mass is 35.5. The van der Waals surface area contributed by atoms with Gasteiger partial charge in [-0.3, -0.25) is 4.79 Å². The van der Waals surface area contributed by atoms with Gasteiger partial charge in [-0.15, -0.1) is 11.6 Å². The lowest BCUT2D eigenvalue weighted by Crippen LogP contribution is -2.65. The number of rotatable bonds is 5. The first-order chi connectivity index (χ1) is 10.8. The molecule has 0 aromatic rings. The summed E-state index contributed by atoms with van der Waals surface area (Å²) in [6, 6.07) is 0. The SMILES string of the molecule is CC1(C)C2CC3OB([C@H](CN=[N+]=[N-])NC(=O)CCl)O[C@@]3(C)C1C2. The molecule has 1 N–H and O–H groups in total. The lowest BCUT2D eigenvalue weighted by Gasteiger charge is -2.64. The third kappa shape index (κ3) is 2.62. The van der Waals surface area contributed by atoms with E-state index < -0.39 is 13.1 Å². The van der Waals surface area contributed by atoms with Gasteiger partial charge in [-0.05, 0) is 42.5 Å². The van der Waals surface area contributed by atoms with Gasteiger partial charge in [0, 0.05) is 11.5 Å². The second kappa shape index (κ2) is 5.85. The maximum Gasteiger partial charge on any atom is 0.481 e. The van der Waals surface area contributed by atoms with Gasteiger partial charge in [-0.2, -0.15) is 0 Å². The Labute approximate surface area is 141 Å². The van der Waals surface area contributed by atoms with Crippen molar-refractivity contribution < 1.29 is 14.1 Å². The third-order valence-corrected chi connectivity index (χ3v) is 6.35. The van der Waals surface area contributed by atoms with Crippen molar-refractivity contribution in [3.8, 4) is 0 Å². The van der Waals surface area contributed by atoms with E-state index in [2.05, 4.69) is 36.1 Å². The first kappa shape index (κ1) is 16.9. The van der Waals surface area contributed by atoms with E-state index in [0.29, 0.717) is 11.8 Å². The normalized spacial score (nSPS) is 38.1. The molecule has 3 unspecified atom stereocenters. The van der Waals surface area contributed by atoms with Gasteiger partial charge in [-0.1, -0.05) is 19.0 Å². The van der Waals surface area contributed by atoms with Crippen LogP contribution in [0.2, 0.25) is 0 Å². The molecule has 3 aliphatic carbocycles. The topological polar surface area (TPSA) is 96.3 Å². The first-order valence-electron chi connectivity index (χ1n) is 8.02. The minimum absolute atomic E-state index is 0.0192. The van der Waals surface area contributed by atoms with Crippen LogP contribution in [0.4, 0.5) is 0 Å². The van der Waals surface area contributed by atoms with Crippen molar-refractivity contribution in [2.24, 2.45) is 22.4 Å². The average molecular weight is 341 g/mol. The van der Waals surface area contributed by atoms with Crippen LogP contribution in [-0.4, -0.2) is 43.1 Å². The Morgan fingerprint density at radius 3 is 2.87 bits per heavy atom. The Hall–Kier alpha value is -0.945. The molecule has 0 spiro atoms. The Balaban J connectivity index is 1.76. The van der Waals surface area contributed by atoms with Gasteiger partial charge in [0.05, 0.1) is 17.6 Å². The maximum absolute atomic E-state index is 11.6. The molecule has 1 aliphatic heterocycles. The zero-order chi connectivity index (χ0) is 16.8. The number of halogens is 1. The number of carbonyl (C=O) groups is 1. The second-order valence-electron chi connectivity index (χ2n) is 7.56. The van der Waals surface area contributed by atoms with Crippen molar-refractivity contribution >= 4 is 24.6 Å². The van der Waals surface area contributed by atoms with E-state index in [0.717, 1.165) is 12.8 Å². The van der Waals surface area contributed by atoms with Crippen molar-refractivity contribution in [1.82, 2.24) is 5.32 Å². The Bertz CT molecular complexity index is 556. The van der Waals surface area contributed by atoms with Gasteiger partial charge >= 0.3 is 7.12 Å². The number of nitrogens with zero attached hydrogens (tertiary/aromatic N) is 3. The Kier molecular flexibility index (Phi) is 4.30. The molecule has 4 fully saturated rings. The van der Waals surface area contributed by atoms with Crippen molar-refractivity contribution in [2.75, 3.05) is 12.4 Å². The van der Waals surface area contributed by atoms with Crippen LogP contribution in [-0.2, 0) is 14.1 Å². The predicted octanol–water partition coefficient (Wildman–Crippen LogP) is 2.29. The Morgan fingerprint density at radius 1 is 1.52 bits per heavy atom. The van der Waals surface area contributed by atoms with Crippen molar-refractivity contribution in [1.29, 1.82) is 0 Å². The van der Waals surface area contributed by atoms with E-state index in [1.807, 2.05) is 0 Å². The minimum Gasteiger partial charge on any atom is -0.404 e. The molecule has 7 nitrogen and oxygen atoms in total. The summed E-state index contributed by atoms with van der Waals surface area (Å²) in [5.41, 5.74) is 8.46. The van der Waals surface area contributed by atoms with E-state index in [4.69, 9.17) is 26.4 Å². The number of amides is 1. The second-order valence-corrected chi connectivity index (χ2v) is 7.83. The quantitative estimate of drug-likeness (QED) is 0.273. The molecule has 0 radical (unpaired) electrons. The van der Waals surface area contributed by atoms with Crippen LogP contribution in [0.25, 0.3) is 10.4 Å². The summed E-state index contributed by atoms with van der Waals surface area (Å²) in [4.78, 5) is 14.4. The fourth-order valence-corrected chi connectivity index (χ4v) is 4.72. The van der Waals surface area contributed by atoms with Gasteiger partial charge in [-0.25, -0.2) is 0 Å². The fourth-order valence-electron chi connectivity index (χ4n) is 4.64. The average Bonchev–Trinajstić information content (AvgIpc) is 2.87. The monoisotopic (exact) mass is 340 g/mol. The summed E-state index contributed by atoms with van der Waals surface area (Å²) in [5, 5.41) is 6.30. The number of alkyl halides is 1. The Morgan fingerprint density at radius 2 is 2.26 bits per heavy atom. The predicted molar refractivity (Wildman–Crippen MR) is 86.8 cm³/mol. The molecule has 2 bridgehead atoms. The van der Waals surface area contributed by atoms with Crippen LogP contribution in [0.5, 0.6) is 0 Å². The van der Waals surface area contributed by atoms with Crippen LogP contribution >= 0.6 is 11.6 Å². The summed E-state index contributed by atoms with van der Waals surface area (Å²) in [6.07, 6.45) is 2.14. The molecule has 126 valence electrons. The molecule has 1 heterocycles. The van der Waals surface area contributed by atoms with Crippen LogP contribution in [0, 0.1) is 17.3 Å². The molecule has 1 amide bonds. The molecular weight excluding hydrogens is 318 g/mol. The summed E-state index contributed by atoms with van der Waals surface area (Å²) < 4.78 is 12.4. The number of azide groups is 1. The highest BCUT2D eigenvalue weighted by molar-refractivity contribution is 6.48. The zero-order valence-corrected chi connectivity index (χ0v) is 14.4. The van der Waals surface area contributed by atoms with E-state index >= 15 is 0 Å².